The summed E-state index contributed by atoms with van der Waals surface area (Å²) in [6, 6.07) is 15.6. The molecule has 3 nitrogen and oxygen atoms in total. The minimum absolute atomic E-state index is 0.662. The van der Waals surface area contributed by atoms with Crippen LogP contribution in [0.1, 0.15) is 11.1 Å². The molecule has 0 radical (unpaired) electrons. The Morgan fingerprint density at radius 1 is 1.17 bits per heavy atom. The molecule has 0 fully saturated rings. The van der Waals surface area contributed by atoms with Gasteiger partial charge in [-0.05, 0) is 42.8 Å². The highest BCUT2D eigenvalue weighted by atomic mass is 15.1. The smallest absolute Gasteiger partial charge is 0.101 e. The van der Waals surface area contributed by atoms with Crippen molar-refractivity contribution in [1.82, 2.24) is 0 Å². The van der Waals surface area contributed by atoms with Gasteiger partial charge in [-0.3, -0.25) is 0 Å². The Labute approximate surface area is 107 Å². The van der Waals surface area contributed by atoms with Crippen LogP contribution >= 0.6 is 0 Å². The van der Waals surface area contributed by atoms with Gasteiger partial charge in [0.15, 0.2) is 0 Å². The monoisotopic (exact) mass is 237 g/mol. The first-order chi connectivity index (χ1) is 8.63. The SMILES string of the molecule is Cc1cc(N(C)c2ccccc2C#N)ccc1N. The second-order valence-electron chi connectivity index (χ2n) is 4.23. The third-order valence-corrected chi connectivity index (χ3v) is 3.03. The van der Waals surface area contributed by atoms with Crippen LogP contribution in [0.4, 0.5) is 17.1 Å². The Morgan fingerprint density at radius 2 is 1.89 bits per heavy atom. The van der Waals surface area contributed by atoms with Crippen molar-refractivity contribution in [3.63, 3.8) is 0 Å². The lowest BCUT2D eigenvalue weighted by molar-refractivity contribution is 1.19. The molecule has 18 heavy (non-hydrogen) atoms. The minimum atomic E-state index is 0.662. The molecule has 90 valence electrons. The van der Waals surface area contributed by atoms with Gasteiger partial charge in [0, 0.05) is 18.4 Å². The van der Waals surface area contributed by atoms with Gasteiger partial charge in [-0.2, -0.15) is 5.26 Å². The van der Waals surface area contributed by atoms with E-state index in [4.69, 9.17) is 11.0 Å². The van der Waals surface area contributed by atoms with Crippen LogP contribution in [0.5, 0.6) is 0 Å². The molecule has 0 aliphatic heterocycles. The highest BCUT2D eigenvalue weighted by Crippen LogP contribution is 2.28. The number of hydrogen-bond donors (Lipinski definition) is 1. The molecule has 0 aliphatic carbocycles. The van der Waals surface area contributed by atoms with Crippen molar-refractivity contribution in [3.05, 3.63) is 53.6 Å². The van der Waals surface area contributed by atoms with Crippen LogP contribution in [0.2, 0.25) is 0 Å². The van der Waals surface area contributed by atoms with Crippen molar-refractivity contribution < 1.29 is 0 Å². The average Bonchev–Trinajstić information content (AvgIpc) is 2.41. The van der Waals surface area contributed by atoms with Crippen LogP contribution in [0.25, 0.3) is 0 Å². The molecule has 0 spiro atoms. The molecule has 2 aromatic rings. The molecule has 0 bridgehead atoms. The van der Waals surface area contributed by atoms with Crippen LogP contribution in [0.15, 0.2) is 42.5 Å². The van der Waals surface area contributed by atoms with Crippen LogP contribution in [0, 0.1) is 18.3 Å². The van der Waals surface area contributed by atoms with Crippen molar-refractivity contribution in [2.45, 2.75) is 6.92 Å². The predicted molar refractivity (Wildman–Crippen MR) is 74.8 cm³/mol. The molecule has 2 N–H and O–H groups in total. The zero-order valence-corrected chi connectivity index (χ0v) is 10.5. The van der Waals surface area contributed by atoms with Gasteiger partial charge in [-0.1, -0.05) is 12.1 Å². The molecular weight excluding hydrogens is 222 g/mol. The number of nitriles is 1. The van der Waals surface area contributed by atoms with Crippen molar-refractivity contribution in [2.75, 3.05) is 17.7 Å². The summed E-state index contributed by atoms with van der Waals surface area (Å²) >= 11 is 0. The van der Waals surface area contributed by atoms with Crippen molar-refractivity contribution in [3.8, 4) is 6.07 Å². The zero-order valence-electron chi connectivity index (χ0n) is 10.5. The predicted octanol–water partition coefficient (Wildman–Crippen LogP) is 3.22. The molecule has 0 aromatic heterocycles. The molecule has 0 unspecified atom stereocenters. The van der Waals surface area contributed by atoms with Crippen LogP contribution in [0.3, 0.4) is 0 Å². The van der Waals surface area contributed by atoms with E-state index in [0.29, 0.717) is 5.56 Å². The number of nitrogens with two attached hydrogens (primary N) is 1. The summed E-state index contributed by atoms with van der Waals surface area (Å²) < 4.78 is 0. The van der Waals surface area contributed by atoms with E-state index >= 15 is 0 Å². The number of hydrogen-bond acceptors (Lipinski definition) is 3. The lowest BCUT2D eigenvalue weighted by Gasteiger charge is -2.21. The van der Waals surface area contributed by atoms with E-state index in [-0.39, 0.29) is 0 Å². The Hall–Kier alpha value is -2.47. The highest BCUT2D eigenvalue weighted by molar-refractivity contribution is 5.70. The lowest BCUT2D eigenvalue weighted by atomic mass is 10.1. The van der Waals surface area contributed by atoms with E-state index in [1.165, 1.54) is 0 Å². The molecule has 0 saturated carbocycles. The normalized spacial score (nSPS) is 9.83. The van der Waals surface area contributed by atoms with Gasteiger partial charge < -0.3 is 10.6 Å². The number of para-hydroxylation sites is 1. The van der Waals surface area contributed by atoms with E-state index in [0.717, 1.165) is 22.6 Å². The van der Waals surface area contributed by atoms with Gasteiger partial charge in [0.25, 0.3) is 0 Å². The number of benzene rings is 2. The number of rotatable bonds is 2. The standard InChI is InChI=1S/C15H15N3/c1-11-9-13(7-8-14(11)17)18(2)15-6-4-3-5-12(15)10-16/h3-9H,17H2,1-2H3. The Kier molecular flexibility index (Phi) is 3.20. The average molecular weight is 237 g/mol. The Balaban J connectivity index is 2.45. The largest absolute Gasteiger partial charge is 0.399 e. The summed E-state index contributed by atoms with van der Waals surface area (Å²) in [6.07, 6.45) is 0. The first-order valence-electron chi connectivity index (χ1n) is 5.72. The summed E-state index contributed by atoms with van der Waals surface area (Å²) in [6.45, 7) is 1.98. The number of nitrogens with zero attached hydrogens (tertiary/aromatic N) is 2. The van der Waals surface area contributed by atoms with Crippen molar-refractivity contribution in [2.24, 2.45) is 0 Å². The summed E-state index contributed by atoms with van der Waals surface area (Å²) in [5.74, 6) is 0. The zero-order chi connectivity index (χ0) is 13.1. The second kappa shape index (κ2) is 4.80. The Bertz CT molecular complexity index is 611. The van der Waals surface area contributed by atoms with E-state index in [2.05, 4.69) is 6.07 Å². The van der Waals surface area contributed by atoms with Crippen molar-refractivity contribution in [1.29, 1.82) is 5.26 Å². The molecule has 2 aromatic carbocycles. The fourth-order valence-corrected chi connectivity index (χ4v) is 1.87. The van der Waals surface area contributed by atoms with Gasteiger partial charge in [0.05, 0.1) is 11.3 Å². The summed E-state index contributed by atoms with van der Waals surface area (Å²) in [5, 5.41) is 9.12. The topological polar surface area (TPSA) is 53.0 Å². The first kappa shape index (κ1) is 12.0. The van der Waals surface area contributed by atoms with Gasteiger partial charge in [0.1, 0.15) is 6.07 Å². The molecular formula is C15H15N3. The summed E-state index contributed by atoms with van der Waals surface area (Å²) in [4.78, 5) is 1.99. The molecule has 0 heterocycles. The fraction of sp³-hybridized carbons (Fsp3) is 0.133. The van der Waals surface area contributed by atoms with E-state index in [1.807, 2.05) is 61.3 Å². The third-order valence-electron chi connectivity index (χ3n) is 3.03. The molecule has 0 amide bonds. The third kappa shape index (κ3) is 2.14. The Morgan fingerprint density at radius 3 is 2.56 bits per heavy atom. The van der Waals surface area contributed by atoms with Crippen LogP contribution in [-0.4, -0.2) is 7.05 Å². The fourth-order valence-electron chi connectivity index (χ4n) is 1.87. The van der Waals surface area contributed by atoms with Gasteiger partial charge >= 0.3 is 0 Å². The van der Waals surface area contributed by atoms with Crippen LogP contribution < -0.4 is 10.6 Å². The van der Waals surface area contributed by atoms with Gasteiger partial charge in [0.2, 0.25) is 0 Å². The van der Waals surface area contributed by atoms with E-state index in [9.17, 15) is 0 Å². The highest BCUT2D eigenvalue weighted by Gasteiger charge is 2.09. The minimum Gasteiger partial charge on any atom is -0.399 e. The molecule has 3 heteroatoms. The molecule has 0 atom stereocenters. The quantitative estimate of drug-likeness (QED) is 0.816. The van der Waals surface area contributed by atoms with Crippen molar-refractivity contribution >= 4 is 17.1 Å². The molecule has 0 aliphatic rings. The van der Waals surface area contributed by atoms with E-state index < -0.39 is 0 Å². The molecule has 0 saturated heterocycles. The number of nitrogen functional groups attached to an aromatic ring is 1. The maximum Gasteiger partial charge on any atom is 0.101 e. The second-order valence-corrected chi connectivity index (χ2v) is 4.23. The number of anilines is 3. The summed E-state index contributed by atoms with van der Waals surface area (Å²) in [7, 11) is 1.95. The van der Waals surface area contributed by atoms with Crippen LogP contribution in [-0.2, 0) is 0 Å². The summed E-state index contributed by atoms with van der Waals surface area (Å²) in [5.41, 5.74) is 10.2. The first-order valence-corrected chi connectivity index (χ1v) is 5.72. The molecule has 2 rings (SSSR count). The maximum absolute atomic E-state index is 9.12. The van der Waals surface area contributed by atoms with Gasteiger partial charge in [-0.15, -0.1) is 0 Å². The number of aryl methyl sites for hydroxylation is 1. The maximum atomic E-state index is 9.12. The van der Waals surface area contributed by atoms with E-state index in [1.54, 1.807) is 0 Å². The lowest BCUT2D eigenvalue weighted by Crippen LogP contribution is -2.11. The van der Waals surface area contributed by atoms with Gasteiger partial charge in [-0.25, -0.2) is 0 Å².